The average molecular weight is 409 g/mol. The number of nitrogens with zero attached hydrogens (tertiary/aromatic N) is 2. The number of hydrogen-bond acceptors (Lipinski definition) is 6. The molecule has 29 heavy (non-hydrogen) atoms. The van der Waals surface area contributed by atoms with Crippen molar-refractivity contribution in [1.29, 1.82) is 0 Å². The second-order valence-corrected chi connectivity index (χ2v) is 6.39. The number of esters is 2. The topological polar surface area (TPSA) is 78.4 Å². The zero-order valence-corrected chi connectivity index (χ0v) is 16.5. The second kappa shape index (κ2) is 9.12. The molecular formula is C22H17ClN2O4. The lowest BCUT2D eigenvalue weighted by Gasteiger charge is -2.01. The first kappa shape index (κ1) is 20.2. The van der Waals surface area contributed by atoms with Crippen molar-refractivity contribution >= 4 is 45.3 Å². The van der Waals surface area contributed by atoms with Crippen molar-refractivity contribution in [3.63, 3.8) is 0 Å². The summed E-state index contributed by atoms with van der Waals surface area (Å²) in [6.07, 6.45) is 3.29. The van der Waals surface area contributed by atoms with Crippen molar-refractivity contribution in [2.24, 2.45) is 0 Å². The quantitative estimate of drug-likeness (QED) is 0.447. The Hall–Kier alpha value is -3.51. The van der Waals surface area contributed by atoms with Crippen LogP contribution in [-0.4, -0.2) is 36.1 Å². The van der Waals surface area contributed by atoms with Gasteiger partial charge in [0, 0.05) is 23.2 Å². The number of carbonyl (C=O) groups is 2. The summed E-state index contributed by atoms with van der Waals surface area (Å²) in [5.41, 5.74) is 2.72. The molecule has 0 aliphatic rings. The van der Waals surface area contributed by atoms with E-state index in [0.29, 0.717) is 16.1 Å². The lowest BCUT2D eigenvalue weighted by atomic mass is 10.1. The molecule has 2 aromatic heterocycles. The number of ether oxygens (including phenoxy) is 2. The van der Waals surface area contributed by atoms with Gasteiger partial charge in [-0.15, -0.1) is 0 Å². The van der Waals surface area contributed by atoms with E-state index in [2.05, 4.69) is 19.4 Å². The number of methoxy groups -OCH3 is 2. The lowest BCUT2D eigenvalue weighted by molar-refractivity contribution is 0.0592. The fraction of sp³-hybridized carbons (Fsp3) is 0.0909. The van der Waals surface area contributed by atoms with Gasteiger partial charge in [0.25, 0.3) is 0 Å². The summed E-state index contributed by atoms with van der Waals surface area (Å²) >= 11 is 5.81. The average Bonchev–Trinajstić information content (AvgIpc) is 2.77. The number of halogens is 1. The Morgan fingerprint density at radius 1 is 0.793 bits per heavy atom. The van der Waals surface area contributed by atoms with E-state index in [4.69, 9.17) is 11.6 Å². The molecule has 0 unspecified atom stereocenters. The first-order valence-corrected chi connectivity index (χ1v) is 8.96. The minimum Gasteiger partial charge on any atom is -0.465 e. The van der Waals surface area contributed by atoms with Crippen molar-refractivity contribution in [2.75, 3.05) is 14.2 Å². The Kier molecular flexibility index (Phi) is 6.36. The smallest absolute Gasteiger partial charge is 0.337 e. The normalized spacial score (nSPS) is 10.2. The Bertz CT molecular complexity index is 1190. The largest absolute Gasteiger partial charge is 0.465 e. The molecule has 7 heteroatoms. The van der Waals surface area contributed by atoms with E-state index in [-0.39, 0.29) is 11.9 Å². The highest BCUT2D eigenvalue weighted by atomic mass is 35.5. The molecule has 0 bridgehead atoms. The fourth-order valence-electron chi connectivity index (χ4n) is 2.67. The number of carbonyl (C=O) groups excluding carboxylic acids is 2. The van der Waals surface area contributed by atoms with Gasteiger partial charge < -0.3 is 9.47 Å². The van der Waals surface area contributed by atoms with E-state index in [1.165, 1.54) is 14.2 Å². The molecule has 0 saturated heterocycles. The van der Waals surface area contributed by atoms with Gasteiger partial charge in [-0.1, -0.05) is 17.7 Å². The van der Waals surface area contributed by atoms with Crippen molar-refractivity contribution in [3.05, 3.63) is 83.1 Å². The van der Waals surface area contributed by atoms with Crippen LogP contribution in [0.1, 0.15) is 20.7 Å². The van der Waals surface area contributed by atoms with Crippen LogP contribution in [0, 0.1) is 0 Å². The maximum atomic E-state index is 11.3. The van der Waals surface area contributed by atoms with Crippen LogP contribution in [0.25, 0.3) is 21.8 Å². The first-order valence-electron chi connectivity index (χ1n) is 8.58. The molecule has 0 aliphatic heterocycles. The highest BCUT2D eigenvalue weighted by Crippen LogP contribution is 2.18. The minimum absolute atomic E-state index is 0.323. The monoisotopic (exact) mass is 408 g/mol. The summed E-state index contributed by atoms with van der Waals surface area (Å²) in [6.45, 7) is 0. The predicted octanol–water partition coefficient (Wildman–Crippen LogP) is 4.70. The Morgan fingerprint density at radius 3 is 2.00 bits per heavy atom. The number of pyridine rings is 2. The summed E-state index contributed by atoms with van der Waals surface area (Å²) in [4.78, 5) is 30.8. The molecule has 4 rings (SSSR count). The van der Waals surface area contributed by atoms with Gasteiger partial charge in [-0.25, -0.2) is 9.59 Å². The zero-order chi connectivity index (χ0) is 20.8. The third-order valence-corrected chi connectivity index (χ3v) is 4.30. The zero-order valence-electron chi connectivity index (χ0n) is 15.8. The van der Waals surface area contributed by atoms with Crippen LogP contribution >= 0.6 is 11.6 Å². The molecule has 0 atom stereocenters. The molecule has 146 valence electrons. The van der Waals surface area contributed by atoms with Crippen molar-refractivity contribution in [1.82, 2.24) is 9.97 Å². The lowest BCUT2D eigenvalue weighted by Crippen LogP contribution is -2.00. The molecule has 4 aromatic rings. The number of fused-ring (bicyclic) bond motifs is 2. The van der Waals surface area contributed by atoms with Crippen LogP contribution in [0.2, 0.25) is 5.02 Å². The number of aromatic nitrogens is 2. The summed E-state index contributed by atoms with van der Waals surface area (Å²) in [6, 6.07) is 15.9. The molecule has 0 aliphatic carbocycles. The van der Waals surface area contributed by atoms with Gasteiger partial charge in [0.2, 0.25) is 0 Å². The maximum Gasteiger partial charge on any atom is 0.337 e. The van der Waals surface area contributed by atoms with Gasteiger partial charge >= 0.3 is 11.9 Å². The van der Waals surface area contributed by atoms with Crippen LogP contribution in [0.15, 0.2) is 67.0 Å². The van der Waals surface area contributed by atoms with Gasteiger partial charge in [0.1, 0.15) is 0 Å². The highest BCUT2D eigenvalue weighted by Gasteiger charge is 2.06. The summed E-state index contributed by atoms with van der Waals surface area (Å²) < 4.78 is 9.25. The van der Waals surface area contributed by atoms with Crippen LogP contribution < -0.4 is 0 Å². The third-order valence-electron chi connectivity index (χ3n) is 4.09. The van der Waals surface area contributed by atoms with Gasteiger partial charge in [0.05, 0.1) is 41.4 Å². The minimum atomic E-state index is -0.364. The fourth-order valence-corrected chi connectivity index (χ4v) is 2.84. The van der Waals surface area contributed by atoms with Crippen molar-refractivity contribution in [3.8, 4) is 0 Å². The van der Waals surface area contributed by atoms with Crippen molar-refractivity contribution in [2.45, 2.75) is 0 Å². The molecule has 0 fully saturated rings. The molecule has 0 radical (unpaired) electrons. The molecule has 2 heterocycles. The molecule has 0 spiro atoms. The van der Waals surface area contributed by atoms with Crippen LogP contribution in [-0.2, 0) is 9.47 Å². The van der Waals surface area contributed by atoms with E-state index in [1.54, 1.807) is 48.8 Å². The number of benzene rings is 2. The number of hydrogen-bond donors (Lipinski definition) is 0. The summed E-state index contributed by atoms with van der Waals surface area (Å²) in [7, 11) is 2.72. The third kappa shape index (κ3) is 4.86. The summed E-state index contributed by atoms with van der Waals surface area (Å²) in [5, 5.41) is 2.31. The van der Waals surface area contributed by atoms with Gasteiger partial charge in [-0.05, 0) is 48.5 Å². The molecule has 0 amide bonds. The molecule has 2 aromatic carbocycles. The van der Waals surface area contributed by atoms with Crippen LogP contribution in [0.3, 0.4) is 0 Å². The maximum absolute atomic E-state index is 11.3. The summed E-state index contributed by atoms with van der Waals surface area (Å²) in [5.74, 6) is -0.687. The van der Waals surface area contributed by atoms with E-state index < -0.39 is 0 Å². The molecule has 0 N–H and O–H groups in total. The van der Waals surface area contributed by atoms with Crippen LogP contribution in [0.4, 0.5) is 0 Å². The molecular weight excluding hydrogens is 392 g/mol. The van der Waals surface area contributed by atoms with E-state index in [1.807, 2.05) is 18.2 Å². The standard InChI is InChI=1S/C11H8ClNO2.C11H9NO2/c1-15-11(14)7-2-3-10-8(4-7)5-9(12)6-13-10;1-14-11(13)9-4-5-10-8(7-9)3-2-6-12-10/h2-6H,1H3;2-7H,1H3. The number of rotatable bonds is 2. The Morgan fingerprint density at radius 2 is 1.38 bits per heavy atom. The van der Waals surface area contributed by atoms with Crippen LogP contribution in [0.5, 0.6) is 0 Å². The van der Waals surface area contributed by atoms with Gasteiger partial charge in [-0.2, -0.15) is 0 Å². The second-order valence-electron chi connectivity index (χ2n) is 5.96. The highest BCUT2D eigenvalue weighted by molar-refractivity contribution is 6.31. The molecule has 0 saturated carbocycles. The Balaban J connectivity index is 0.000000166. The SMILES string of the molecule is COC(=O)c1ccc2ncc(Cl)cc2c1.COC(=O)c1ccc2ncccc2c1. The van der Waals surface area contributed by atoms with E-state index >= 15 is 0 Å². The van der Waals surface area contributed by atoms with Crippen molar-refractivity contribution < 1.29 is 19.1 Å². The predicted molar refractivity (Wildman–Crippen MR) is 111 cm³/mol. The molecule has 6 nitrogen and oxygen atoms in total. The van der Waals surface area contributed by atoms with Gasteiger partial charge in [0.15, 0.2) is 0 Å². The van der Waals surface area contributed by atoms with Gasteiger partial charge in [-0.3, -0.25) is 9.97 Å². The first-order chi connectivity index (χ1) is 14.0. The van der Waals surface area contributed by atoms with E-state index in [0.717, 1.165) is 21.8 Å². The Labute approximate surface area is 172 Å². The van der Waals surface area contributed by atoms with E-state index in [9.17, 15) is 9.59 Å².